The molecule has 1 aliphatic rings. The minimum absolute atomic E-state index is 0.332. The highest BCUT2D eigenvalue weighted by Crippen LogP contribution is 2.12. The molecule has 0 aliphatic carbocycles. The zero-order valence-corrected chi connectivity index (χ0v) is 14.8. The average Bonchev–Trinajstić information content (AvgIpc) is 3.13. The topological polar surface area (TPSA) is 47.9 Å². The number of aliphatic hydroxyl groups is 1. The van der Waals surface area contributed by atoms with Crippen molar-refractivity contribution in [3.8, 4) is 0 Å². The maximum atomic E-state index is 10.8. The van der Waals surface area contributed by atoms with E-state index in [0.717, 1.165) is 19.6 Å². The van der Waals surface area contributed by atoms with Gasteiger partial charge in [0, 0.05) is 6.61 Å². The summed E-state index contributed by atoms with van der Waals surface area (Å²) in [7, 11) is 0.500. The molecule has 1 fully saturated rings. The Kier molecular flexibility index (Phi) is 17.1. The molecule has 140 valence electrons. The third-order valence-electron chi connectivity index (χ3n) is 2.63. The third kappa shape index (κ3) is 15.6. The molecule has 2 rings (SSSR count). The van der Waals surface area contributed by atoms with Crippen molar-refractivity contribution in [1.82, 2.24) is 0 Å². The van der Waals surface area contributed by atoms with Gasteiger partial charge in [0.05, 0.1) is 26.5 Å². The van der Waals surface area contributed by atoms with Crippen LogP contribution in [0.2, 0.25) is 0 Å². The van der Waals surface area contributed by atoms with Crippen molar-refractivity contribution in [2.45, 2.75) is 45.2 Å². The summed E-state index contributed by atoms with van der Waals surface area (Å²) in [6.07, 6.45) is 2.66. The first-order valence-corrected chi connectivity index (χ1v) is 7.64. The molecule has 0 amide bonds. The molecule has 0 aromatic heterocycles. The SMILES string of the molecule is C=C.CC(C)(O)OF.CF.c1ccc(COCC2CCCO2)cc1. The lowest BCUT2D eigenvalue weighted by Gasteiger charge is -2.09. The maximum Gasteiger partial charge on any atom is 0.198 e. The summed E-state index contributed by atoms with van der Waals surface area (Å²) in [6, 6.07) is 10.2. The second-order valence-corrected chi connectivity index (χ2v) is 5.16. The fourth-order valence-electron chi connectivity index (χ4n) is 1.66. The van der Waals surface area contributed by atoms with Crippen LogP contribution < -0.4 is 0 Å². The zero-order chi connectivity index (χ0) is 18.8. The second kappa shape index (κ2) is 16.5. The number of halogens is 2. The molecule has 1 N–H and O–H groups in total. The molecule has 1 aromatic carbocycles. The van der Waals surface area contributed by atoms with E-state index in [0.29, 0.717) is 19.9 Å². The number of hydrogen-bond donors (Lipinski definition) is 1. The van der Waals surface area contributed by atoms with Crippen molar-refractivity contribution < 1.29 is 28.4 Å². The van der Waals surface area contributed by atoms with Crippen molar-refractivity contribution in [3.05, 3.63) is 49.1 Å². The largest absolute Gasteiger partial charge is 0.376 e. The zero-order valence-electron chi connectivity index (χ0n) is 14.8. The van der Waals surface area contributed by atoms with Crippen LogP contribution in [0.4, 0.5) is 8.92 Å². The van der Waals surface area contributed by atoms with Gasteiger partial charge >= 0.3 is 0 Å². The average molecular weight is 348 g/mol. The van der Waals surface area contributed by atoms with E-state index in [1.54, 1.807) is 0 Å². The van der Waals surface area contributed by atoms with Gasteiger partial charge in [0.2, 0.25) is 0 Å². The van der Waals surface area contributed by atoms with Crippen LogP contribution in [0.1, 0.15) is 32.3 Å². The van der Waals surface area contributed by atoms with Gasteiger partial charge in [-0.05, 0) is 36.8 Å². The molecule has 1 aliphatic heterocycles. The smallest absolute Gasteiger partial charge is 0.198 e. The quantitative estimate of drug-likeness (QED) is 0.633. The van der Waals surface area contributed by atoms with Crippen LogP contribution in [0.3, 0.4) is 0 Å². The summed E-state index contributed by atoms with van der Waals surface area (Å²) >= 11 is 0. The molecule has 0 radical (unpaired) electrons. The minimum atomic E-state index is -1.62. The number of benzene rings is 1. The predicted molar refractivity (Wildman–Crippen MR) is 91.8 cm³/mol. The molecular weight excluding hydrogens is 318 g/mol. The molecule has 1 saturated heterocycles. The molecule has 0 bridgehead atoms. The molecule has 1 aromatic rings. The highest BCUT2D eigenvalue weighted by molar-refractivity contribution is 5.13. The molecule has 1 unspecified atom stereocenters. The van der Waals surface area contributed by atoms with Crippen LogP contribution in [0.15, 0.2) is 43.5 Å². The number of hydrogen-bond acceptors (Lipinski definition) is 4. The molecular formula is C18H30F2O4. The Morgan fingerprint density at radius 2 is 1.79 bits per heavy atom. The van der Waals surface area contributed by atoms with Crippen LogP contribution in [0, 0.1) is 0 Å². The normalized spacial score (nSPS) is 15.8. The summed E-state index contributed by atoms with van der Waals surface area (Å²) in [5.74, 6) is -1.62. The van der Waals surface area contributed by atoms with Gasteiger partial charge in [0.25, 0.3) is 0 Å². The highest BCUT2D eigenvalue weighted by Gasteiger charge is 2.15. The van der Waals surface area contributed by atoms with E-state index in [1.807, 2.05) is 18.2 Å². The summed E-state index contributed by atoms with van der Waals surface area (Å²) < 4.78 is 31.3. The van der Waals surface area contributed by atoms with Gasteiger partial charge in [-0.25, -0.2) is 0 Å². The van der Waals surface area contributed by atoms with Gasteiger partial charge in [-0.2, -0.15) is 4.94 Å². The van der Waals surface area contributed by atoms with Gasteiger partial charge in [0.15, 0.2) is 5.79 Å². The van der Waals surface area contributed by atoms with Crippen molar-refractivity contribution in [1.29, 1.82) is 0 Å². The standard InChI is InChI=1S/C12H16O2.C3H7FO2.C2H4.CH3F/c1-2-5-11(6-3-1)9-13-10-12-7-4-8-14-12;1-3(2,5)6-4;2*1-2/h1-3,5-6,12H,4,7-10H2;5H,1-2H3;1-2H2;1H3. The van der Waals surface area contributed by atoms with E-state index in [4.69, 9.17) is 14.6 Å². The first kappa shape index (κ1) is 24.9. The molecule has 0 spiro atoms. The lowest BCUT2D eigenvalue weighted by Crippen LogP contribution is -2.18. The lowest BCUT2D eigenvalue weighted by molar-refractivity contribution is -0.309. The molecule has 4 nitrogen and oxygen atoms in total. The van der Waals surface area contributed by atoms with Crippen molar-refractivity contribution >= 4 is 0 Å². The van der Waals surface area contributed by atoms with Crippen LogP contribution in [0.25, 0.3) is 0 Å². The van der Waals surface area contributed by atoms with Crippen LogP contribution in [-0.2, 0) is 21.0 Å². The Hall–Kier alpha value is -1.34. The molecule has 24 heavy (non-hydrogen) atoms. The minimum Gasteiger partial charge on any atom is -0.376 e. The Bertz CT molecular complexity index is 363. The lowest BCUT2D eigenvalue weighted by atomic mass is 10.2. The maximum absolute atomic E-state index is 10.8. The summed E-state index contributed by atoms with van der Waals surface area (Å²) in [5, 5.41) is 8.23. The van der Waals surface area contributed by atoms with Gasteiger partial charge in [-0.3, -0.25) is 4.39 Å². The molecule has 6 heteroatoms. The van der Waals surface area contributed by atoms with Crippen LogP contribution >= 0.6 is 0 Å². The predicted octanol–water partition coefficient (Wildman–Crippen LogP) is 4.39. The summed E-state index contributed by atoms with van der Waals surface area (Å²) in [5.41, 5.74) is 1.23. The van der Waals surface area contributed by atoms with E-state index < -0.39 is 5.79 Å². The molecule has 1 heterocycles. The monoisotopic (exact) mass is 348 g/mol. The first-order chi connectivity index (χ1) is 11.5. The fourth-order valence-corrected chi connectivity index (χ4v) is 1.66. The van der Waals surface area contributed by atoms with E-state index >= 15 is 0 Å². The van der Waals surface area contributed by atoms with Gasteiger partial charge in [-0.15, -0.1) is 13.2 Å². The van der Waals surface area contributed by atoms with Crippen LogP contribution in [-0.4, -0.2) is 37.4 Å². The Labute approximate surface area is 143 Å². The van der Waals surface area contributed by atoms with Gasteiger partial charge in [0.1, 0.15) is 0 Å². The number of ether oxygens (including phenoxy) is 2. The van der Waals surface area contributed by atoms with Gasteiger partial charge < -0.3 is 14.6 Å². The Balaban J connectivity index is 0. The van der Waals surface area contributed by atoms with Crippen molar-refractivity contribution in [3.63, 3.8) is 0 Å². The van der Waals surface area contributed by atoms with E-state index in [2.05, 4.69) is 30.2 Å². The Morgan fingerprint density at radius 3 is 2.21 bits per heavy atom. The number of rotatable bonds is 5. The van der Waals surface area contributed by atoms with E-state index in [9.17, 15) is 8.92 Å². The highest BCUT2D eigenvalue weighted by atomic mass is 19.3. The Morgan fingerprint density at radius 1 is 1.25 bits per heavy atom. The van der Waals surface area contributed by atoms with Crippen molar-refractivity contribution in [2.75, 3.05) is 20.4 Å². The summed E-state index contributed by atoms with van der Waals surface area (Å²) in [4.78, 5) is 2.99. The first-order valence-electron chi connectivity index (χ1n) is 7.64. The fraction of sp³-hybridized carbons (Fsp3) is 0.556. The van der Waals surface area contributed by atoms with E-state index in [1.165, 1.54) is 25.8 Å². The second-order valence-electron chi connectivity index (χ2n) is 5.16. The van der Waals surface area contributed by atoms with E-state index in [-0.39, 0.29) is 0 Å². The van der Waals surface area contributed by atoms with Crippen molar-refractivity contribution in [2.24, 2.45) is 0 Å². The summed E-state index contributed by atoms with van der Waals surface area (Å²) in [6.45, 7) is 10.7. The molecule has 1 atom stereocenters. The third-order valence-corrected chi connectivity index (χ3v) is 2.63. The number of alkyl halides is 1. The van der Waals surface area contributed by atoms with Gasteiger partial charge in [-0.1, -0.05) is 30.3 Å². The van der Waals surface area contributed by atoms with Crippen LogP contribution in [0.5, 0.6) is 0 Å². The molecule has 0 saturated carbocycles.